The molecule has 0 bridgehead atoms. The summed E-state index contributed by atoms with van der Waals surface area (Å²) in [5.41, 5.74) is 4.22. The molecule has 0 saturated carbocycles. The van der Waals surface area contributed by atoms with Gasteiger partial charge in [-0.15, -0.1) is 0 Å². The van der Waals surface area contributed by atoms with Gasteiger partial charge < -0.3 is 14.5 Å². The fourth-order valence-corrected chi connectivity index (χ4v) is 2.34. The number of esters is 1. The van der Waals surface area contributed by atoms with Crippen LogP contribution in [-0.2, 0) is 9.53 Å². The van der Waals surface area contributed by atoms with Crippen LogP contribution in [0, 0.1) is 13.8 Å². The molecular formula is C18H16N2O4. The van der Waals surface area contributed by atoms with Gasteiger partial charge in [0.1, 0.15) is 5.52 Å². The van der Waals surface area contributed by atoms with E-state index in [4.69, 9.17) is 9.15 Å². The van der Waals surface area contributed by atoms with Gasteiger partial charge in [0.25, 0.3) is 5.91 Å². The normalized spacial score (nSPS) is 10.6. The highest BCUT2D eigenvalue weighted by molar-refractivity contribution is 5.97. The topological polar surface area (TPSA) is 81.4 Å². The van der Waals surface area contributed by atoms with Crippen molar-refractivity contribution in [1.82, 2.24) is 4.98 Å². The quantitative estimate of drug-likeness (QED) is 0.745. The number of nitrogens with zero attached hydrogens (tertiary/aromatic N) is 1. The van der Waals surface area contributed by atoms with Gasteiger partial charge >= 0.3 is 5.97 Å². The number of ether oxygens (including phenoxy) is 1. The smallest absolute Gasteiger partial charge is 0.338 e. The van der Waals surface area contributed by atoms with E-state index in [1.165, 1.54) is 6.39 Å². The van der Waals surface area contributed by atoms with Crippen LogP contribution in [0.4, 0.5) is 5.69 Å². The number of hydrogen-bond donors (Lipinski definition) is 1. The van der Waals surface area contributed by atoms with Gasteiger partial charge in [0.15, 0.2) is 18.6 Å². The average molecular weight is 324 g/mol. The first-order valence-corrected chi connectivity index (χ1v) is 7.40. The van der Waals surface area contributed by atoms with Gasteiger partial charge in [-0.25, -0.2) is 9.78 Å². The van der Waals surface area contributed by atoms with Gasteiger partial charge in [-0.05, 0) is 43.7 Å². The number of nitrogens with one attached hydrogen (secondary N) is 1. The van der Waals surface area contributed by atoms with Crippen LogP contribution < -0.4 is 5.32 Å². The third-order valence-electron chi connectivity index (χ3n) is 3.56. The lowest BCUT2D eigenvalue weighted by atomic mass is 10.1. The van der Waals surface area contributed by atoms with E-state index in [2.05, 4.69) is 10.3 Å². The zero-order valence-electron chi connectivity index (χ0n) is 13.3. The molecule has 0 spiro atoms. The molecule has 0 aliphatic carbocycles. The first-order chi connectivity index (χ1) is 11.5. The average Bonchev–Trinajstić information content (AvgIpc) is 3.03. The monoisotopic (exact) mass is 324 g/mol. The Morgan fingerprint density at radius 2 is 2.00 bits per heavy atom. The lowest BCUT2D eigenvalue weighted by Crippen LogP contribution is -2.21. The number of aromatic nitrogens is 1. The van der Waals surface area contributed by atoms with Crippen molar-refractivity contribution in [2.75, 3.05) is 11.9 Å². The number of anilines is 1. The Hall–Kier alpha value is -3.15. The second kappa shape index (κ2) is 6.54. The zero-order valence-corrected chi connectivity index (χ0v) is 13.3. The fourth-order valence-electron chi connectivity index (χ4n) is 2.34. The summed E-state index contributed by atoms with van der Waals surface area (Å²) >= 11 is 0. The minimum absolute atomic E-state index is 0.315. The second-order valence-electron chi connectivity index (χ2n) is 5.48. The SMILES string of the molecule is Cc1ccc(NC(=O)COC(=O)c2ccc3ocnc3c2)c(C)c1. The maximum absolute atomic E-state index is 12.0. The van der Waals surface area contributed by atoms with E-state index in [1.54, 1.807) is 18.2 Å². The lowest BCUT2D eigenvalue weighted by Gasteiger charge is -2.09. The van der Waals surface area contributed by atoms with Crippen molar-refractivity contribution in [2.45, 2.75) is 13.8 Å². The molecule has 0 aliphatic rings. The van der Waals surface area contributed by atoms with Gasteiger partial charge in [0, 0.05) is 5.69 Å². The van der Waals surface area contributed by atoms with Crippen molar-refractivity contribution >= 4 is 28.7 Å². The third kappa shape index (κ3) is 3.43. The van der Waals surface area contributed by atoms with Gasteiger partial charge in [-0.1, -0.05) is 17.7 Å². The lowest BCUT2D eigenvalue weighted by molar-refractivity contribution is -0.119. The standard InChI is InChI=1S/C18H16N2O4/c1-11-3-5-14(12(2)7-11)20-17(21)9-23-18(22)13-4-6-16-15(8-13)19-10-24-16/h3-8,10H,9H2,1-2H3,(H,20,21). The van der Waals surface area contributed by atoms with Gasteiger partial charge in [0.05, 0.1) is 5.56 Å². The summed E-state index contributed by atoms with van der Waals surface area (Å²) < 4.78 is 10.2. The molecule has 122 valence electrons. The number of amides is 1. The molecule has 2 aromatic carbocycles. The van der Waals surface area contributed by atoms with Crippen LogP contribution in [0.25, 0.3) is 11.1 Å². The minimum Gasteiger partial charge on any atom is -0.452 e. The van der Waals surface area contributed by atoms with Crippen LogP contribution in [0.5, 0.6) is 0 Å². The molecule has 1 amide bonds. The van der Waals surface area contributed by atoms with E-state index in [0.29, 0.717) is 22.4 Å². The van der Waals surface area contributed by atoms with Crippen molar-refractivity contribution in [1.29, 1.82) is 0 Å². The van der Waals surface area contributed by atoms with Crippen LogP contribution in [0.3, 0.4) is 0 Å². The molecule has 0 radical (unpaired) electrons. The Morgan fingerprint density at radius 1 is 1.17 bits per heavy atom. The van der Waals surface area contributed by atoms with E-state index in [0.717, 1.165) is 11.1 Å². The highest BCUT2D eigenvalue weighted by atomic mass is 16.5. The number of hydrogen-bond acceptors (Lipinski definition) is 5. The van der Waals surface area contributed by atoms with Gasteiger partial charge in [-0.3, -0.25) is 4.79 Å². The largest absolute Gasteiger partial charge is 0.452 e. The summed E-state index contributed by atoms with van der Waals surface area (Å²) in [5, 5.41) is 2.73. The maximum Gasteiger partial charge on any atom is 0.338 e. The predicted molar refractivity (Wildman–Crippen MR) is 88.8 cm³/mol. The number of oxazole rings is 1. The first-order valence-electron chi connectivity index (χ1n) is 7.40. The Kier molecular flexibility index (Phi) is 4.29. The maximum atomic E-state index is 12.0. The summed E-state index contributed by atoms with van der Waals surface area (Å²) in [6, 6.07) is 10.5. The highest BCUT2D eigenvalue weighted by Crippen LogP contribution is 2.16. The summed E-state index contributed by atoms with van der Waals surface area (Å²) in [4.78, 5) is 27.9. The molecule has 24 heavy (non-hydrogen) atoms. The molecule has 1 N–H and O–H groups in total. The van der Waals surface area contributed by atoms with Crippen LogP contribution in [0.15, 0.2) is 47.2 Å². The van der Waals surface area contributed by atoms with Gasteiger partial charge in [-0.2, -0.15) is 0 Å². The van der Waals surface area contributed by atoms with Gasteiger partial charge in [0.2, 0.25) is 0 Å². The van der Waals surface area contributed by atoms with Crippen LogP contribution in [-0.4, -0.2) is 23.5 Å². The van der Waals surface area contributed by atoms with E-state index in [1.807, 2.05) is 32.0 Å². The summed E-state index contributed by atoms with van der Waals surface area (Å²) in [6.45, 7) is 3.52. The number of carbonyl (C=O) groups excluding carboxylic acids is 2. The molecule has 0 saturated heterocycles. The number of rotatable bonds is 4. The van der Waals surface area contributed by atoms with Crippen molar-refractivity contribution in [3.8, 4) is 0 Å². The molecule has 6 nitrogen and oxygen atoms in total. The van der Waals surface area contributed by atoms with Crippen molar-refractivity contribution in [3.05, 3.63) is 59.5 Å². The van der Waals surface area contributed by atoms with E-state index < -0.39 is 11.9 Å². The number of benzene rings is 2. The van der Waals surface area contributed by atoms with Crippen LogP contribution in [0.1, 0.15) is 21.5 Å². The zero-order chi connectivity index (χ0) is 17.1. The van der Waals surface area contributed by atoms with E-state index in [-0.39, 0.29) is 6.61 Å². The number of carbonyl (C=O) groups is 2. The Labute approximate surface area is 138 Å². The molecular weight excluding hydrogens is 308 g/mol. The predicted octanol–water partition coefficient (Wildman–Crippen LogP) is 3.24. The molecule has 1 aromatic heterocycles. The summed E-state index contributed by atoms with van der Waals surface area (Å²) in [5.74, 6) is -0.978. The number of aryl methyl sites for hydroxylation is 2. The third-order valence-corrected chi connectivity index (χ3v) is 3.56. The molecule has 0 fully saturated rings. The Balaban J connectivity index is 1.60. The van der Waals surface area contributed by atoms with Crippen molar-refractivity contribution < 1.29 is 18.7 Å². The molecule has 1 heterocycles. The van der Waals surface area contributed by atoms with Crippen LogP contribution >= 0.6 is 0 Å². The summed E-state index contributed by atoms with van der Waals surface area (Å²) in [7, 11) is 0. The highest BCUT2D eigenvalue weighted by Gasteiger charge is 2.12. The second-order valence-corrected chi connectivity index (χ2v) is 5.48. The molecule has 0 unspecified atom stereocenters. The van der Waals surface area contributed by atoms with E-state index in [9.17, 15) is 9.59 Å². The Morgan fingerprint density at radius 3 is 2.79 bits per heavy atom. The molecule has 3 aromatic rings. The number of fused-ring (bicyclic) bond motifs is 1. The first kappa shape index (κ1) is 15.7. The molecule has 6 heteroatoms. The molecule has 3 rings (SSSR count). The molecule has 0 atom stereocenters. The Bertz CT molecular complexity index is 914. The van der Waals surface area contributed by atoms with Crippen molar-refractivity contribution in [2.24, 2.45) is 0 Å². The molecule has 0 aliphatic heterocycles. The van der Waals surface area contributed by atoms with Crippen LogP contribution in [0.2, 0.25) is 0 Å². The van der Waals surface area contributed by atoms with Crippen molar-refractivity contribution in [3.63, 3.8) is 0 Å². The fraction of sp³-hybridized carbons (Fsp3) is 0.167. The minimum atomic E-state index is -0.587. The summed E-state index contributed by atoms with van der Waals surface area (Å²) in [6.07, 6.45) is 1.30. The van der Waals surface area contributed by atoms with E-state index >= 15 is 0 Å².